The van der Waals surface area contributed by atoms with E-state index in [1.807, 2.05) is 0 Å². The van der Waals surface area contributed by atoms with Crippen LogP contribution in [0.25, 0.3) is 19.5 Å². The molecular weight excluding hydrogens is 790 g/mol. The summed E-state index contributed by atoms with van der Waals surface area (Å²) in [5.74, 6) is 0. The molecule has 0 spiro atoms. The van der Waals surface area contributed by atoms with Crippen molar-refractivity contribution in [2.75, 3.05) is 0 Å². The molecule has 3 aromatic heterocycles. The molecule has 0 aromatic carbocycles. The third-order valence-electron chi connectivity index (χ3n) is 8.75. The van der Waals surface area contributed by atoms with Gasteiger partial charge in [0.05, 0.1) is 0 Å². The summed E-state index contributed by atoms with van der Waals surface area (Å²) in [4.78, 5) is 21.8. The van der Waals surface area contributed by atoms with E-state index in [4.69, 9.17) is 0 Å². The minimum absolute atomic E-state index is 1.27. The van der Waals surface area contributed by atoms with Crippen LogP contribution in [0.3, 0.4) is 0 Å². The first-order valence-corrected chi connectivity index (χ1v) is 40.3. The molecule has 0 N–H and O–H groups in total. The van der Waals surface area contributed by atoms with E-state index in [1.54, 1.807) is 26.7 Å². The van der Waals surface area contributed by atoms with Crippen LogP contribution in [-0.4, -0.2) is 36.8 Å². The van der Waals surface area contributed by atoms with Crippen LogP contribution in [0.4, 0.5) is 0 Å². The molecule has 3 rings (SSSR count). The number of thiophene rings is 3. The van der Waals surface area contributed by atoms with E-state index in [9.17, 15) is 0 Å². The summed E-state index contributed by atoms with van der Waals surface area (Å²) >= 11 is 2.17. The summed E-state index contributed by atoms with van der Waals surface area (Å²) in [6.07, 6.45) is 25.0. The third kappa shape index (κ3) is 13.0. The van der Waals surface area contributed by atoms with Gasteiger partial charge in [-0.15, -0.1) is 0 Å². The van der Waals surface area contributed by atoms with Crippen molar-refractivity contribution in [1.82, 2.24) is 0 Å². The summed E-state index contributed by atoms with van der Waals surface area (Å²) in [6.45, 7) is 4.63. The van der Waals surface area contributed by atoms with Gasteiger partial charge in [-0.2, -0.15) is 0 Å². The van der Waals surface area contributed by atoms with Crippen molar-refractivity contribution in [2.24, 2.45) is 0 Å². The predicted molar refractivity (Wildman–Crippen MR) is 210 cm³/mol. The molecule has 0 atom stereocenters. The van der Waals surface area contributed by atoms with E-state index in [2.05, 4.69) is 102 Å². The normalized spacial score (nSPS) is 12.5. The van der Waals surface area contributed by atoms with Gasteiger partial charge in [0.1, 0.15) is 0 Å². The Hall–Kier alpha value is 0.697. The standard InChI is InChI=1S/C32H46S3.6CH3.2Sn/c1-3-5-7-9-11-13-15-17-19-27-23-25-33-31(27)29-21-22-30(35-29)32-28(24-26-34-32)20-18-16-14-12-10-8-6-4-2;;;;;;;;/h21-24H,3-20H2,1-2H3;6*1H3;;. The second-order valence-corrected chi connectivity index (χ2v) is 49.1. The molecule has 0 nitrogen and oxygen atoms in total. The molecule has 5 heteroatoms. The predicted octanol–water partition coefficient (Wildman–Crippen LogP) is 13.7. The van der Waals surface area contributed by atoms with Gasteiger partial charge in [0.2, 0.25) is 0 Å². The Labute approximate surface area is 287 Å². The van der Waals surface area contributed by atoms with Gasteiger partial charge in [-0.05, 0) is 0 Å². The molecule has 43 heavy (non-hydrogen) atoms. The monoisotopic (exact) mass is 856 g/mol. The fourth-order valence-electron chi connectivity index (χ4n) is 5.87. The Kier molecular flexibility index (Phi) is 17.3. The van der Waals surface area contributed by atoms with Gasteiger partial charge in [0.15, 0.2) is 0 Å². The van der Waals surface area contributed by atoms with Crippen molar-refractivity contribution in [3.63, 3.8) is 0 Å². The van der Waals surface area contributed by atoms with Crippen molar-refractivity contribution >= 4 is 76.6 Å². The van der Waals surface area contributed by atoms with Crippen molar-refractivity contribution in [2.45, 2.75) is 159 Å². The van der Waals surface area contributed by atoms with Gasteiger partial charge in [0.25, 0.3) is 0 Å². The molecule has 0 bridgehead atoms. The zero-order valence-electron chi connectivity index (χ0n) is 29.3. The fraction of sp³-hybridized carbons (Fsp3) is 0.684. The second-order valence-electron chi connectivity index (χ2n) is 15.0. The first kappa shape index (κ1) is 38.1. The summed E-state index contributed by atoms with van der Waals surface area (Å²) in [5, 5.41) is 0. The molecule has 0 amide bonds. The first-order chi connectivity index (χ1) is 20.5. The van der Waals surface area contributed by atoms with Gasteiger partial charge in [-0.25, -0.2) is 0 Å². The Morgan fingerprint density at radius 3 is 1.09 bits per heavy atom. The fourth-order valence-corrected chi connectivity index (χ4v) is 20.2. The van der Waals surface area contributed by atoms with Crippen LogP contribution in [0.1, 0.15) is 128 Å². The SMILES string of the molecule is CCCCCCCCCCc1c[c]([Sn]([CH3])([CH3])[CH3])sc1-c1ccc(-c2s[c]([Sn]([CH3])([CH3])[CH3])cc2CCCCCCCCCC)s1. The average Bonchev–Trinajstić information content (AvgIpc) is 3.69. The van der Waals surface area contributed by atoms with E-state index in [0.29, 0.717) is 0 Å². The van der Waals surface area contributed by atoms with Crippen LogP contribution in [-0.2, 0) is 12.8 Å². The van der Waals surface area contributed by atoms with E-state index < -0.39 is 36.8 Å². The van der Waals surface area contributed by atoms with Crippen LogP contribution in [0.2, 0.25) is 29.6 Å². The maximum atomic E-state index is 2.65. The van der Waals surface area contributed by atoms with Crippen molar-refractivity contribution < 1.29 is 0 Å². The third-order valence-corrected chi connectivity index (χ3v) is 31.4. The summed E-state index contributed by atoms with van der Waals surface area (Å²) in [6, 6.07) is 10.3. The number of rotatable bonds is 22. The Morgan fingerprint density at radius 1 is 0.442 bits per heavy atom. The van der Waals surface area contributed by atoms with Gasteiger partial charge < -0.3 is 0 Å². The molecule has 0 unspecified atom stereocenters. The number of aryl methyl sites for hydroxylation is 2. The molecule has 3 heterocycles. The maximum absolute atomic E-state index is 2.65. The molecule has 0 aliphatic rings. The van der Waals surface area contributed by atoms with E-state index >= 15 is 0 Å². The number of unbranched alkanes of at least 4 members (excludes halogenated alkanes) is 14. The van der Waals surface area contributed by atoms with E-state index in [1.165, 1.54) is 125 Å². The summed E-state index contributed by atoms with van der Waals surface area (Å²) in [5.41, 5.74) is 3.31. The molecule has 242 valence electrons. The van der Waals surface area contributed by atoms with Gasteiger partial charge in [-0.3, -0.25) is 0 Å². The molecule has 0 fully saturated rings. The van der Waals surface area contributed by atoms with Gasteiger partial charge in [0, 0.05) is 0 Å². The first-order valence-electron chi connectivity index (χ1n) is 17.9. The van der Waals surface area contributed by atoms with Crippen LogP contribution in [0, 0.1) is 0 Å². The minimum atomic E-state index is -2.12. The van der Waals surface area contributed by atoms with Crippen molar-refractivity contribution in [3.8, 4) is 19.5 Å². The molecule has 0 saturated heterocycles. The molecule has 0 saturated carbocycles. The number of hydrogen-bond donors (Lipinski definition) is 0. The second kappa shape index (κ2) is 19.5. The quantitative estimate of drug-likeness (QED) is 0.0698. The zero-order valence-corrected chi connectivity index (χ0v) is 37.4. The average molecular weight is 855 g/mol. The van der Waals surface area contributed by atoms with Crippen LogP contribution >= 0.6 is 34.0 Å². The zero-order chi connectivity index (χ0) is 31.3. The van der Waals surface area contributed by atoms with E-state index in [0.717, 1.165) is 0 Å². The Bertz CT molecular complexity index is 1090. The van der Waals surface area contributed by atoms with Gasteiger partial charge >= 0.3 is 277 Å². The molecule has 0 aliphatic carbocycles. The Morgan fingerprint density at radius 2 is 0.767 bits per heavy atom. The topological polar surface area (TPSA) is 0 Å². The summed E-state index contributed by atoms with van der Waals surface area (Å²) in [7, 11) is 0. The van der Waals surface area contributed by atoms with Crippen LogP contribution in [0.5, 0.6) is 0 Å². The van der Waals surface area contributed by atoms with Crippen molar-refractivity contribution in [1.29, 1.82) is 0 Å². The van der Waals surface area contributed by atoms with E-state index in [-0.39, 0.29) is 0 Å². The van der Waals surface area contributed by atoms with Crippen LogP contribution in [0.15, 0.2) is 24.3 Å². The molecular formula is C38H64S3Sn2. The van der Waals surface area contributed by atoms with Crippen LogP contribution < -0.4 is 5.79 Å². The van der Waals surface area contributed by atoms with Crippen molar-refractivity contribution in [3.05, 3.63) is 35.4 Å². The summed E-state index contributed by atoms with van der Waals surface area (Å²) < 4.78 is 3.51. The number of hydrogen-bond acceptors (Lipinski definition) is 3. The Balaban J connectivity index is 1.72. The molecule has 3 aromatic rings. The molecule has 0 aliphatic heterocycles. The molecule has 0 radical (unpaired) electrons. The van der Waals surface area contributed by atoms with Gasteiger partial charge in [-0.1, -0.05) is 13.8 Å².